The molecule has 0 radical (unpaired) electrons. The average molecular weight is 321 g/mol. The minimum Gasteiger partial charge on any atom is -0.334 e. The first kappa shape index (κ1) is 16.3. The van der Waals surface area contributed by atoms with E-state index in [1.165, 1.54) is 17.7 Å². The number of benzene rings is 2. The highest BCUT2D eigenvalue weighted by atomic mass is 35.5. The van der Waals surface area contributed by atoms with E-state index in [0.717, 1.165) is 11.3 Å². The van der Waals surface area contributed by atoms with E-state index in [0.29, 0.717) is 5.92 Å². The molecule has 0 aliphatic heterocycles. The highest BCUT2D eigenvalue weighted by Gasteiger charge is 2.05. The van der Waals surface area contributed by atoms with Crippen molar-refractivity contribution in [3.8, 4) is 0 Å². The maximum Gasteiger partial charge on any atom is 0.319 e. The smallest absolute Gasteiger partial charge is 0.319 e. The fraction of sp³-hybridized carbons (Fsp3) is 0.235. The molecule has 2 rings (SSSR count). The summed E-state index contributed by atoms with van der Waals surface area (Å²) in [4.78, 5) is 11.8. The number of hydrogen-bond acceptors (Lipinski definition) is 1. The first-order valence-corrected chi connectivity index (χ1v) is 7.42. The minimum absolute atomic E-state index is 0.0454. The van der Waals surface area contributed by atoms with Crippen molar-refractivity contribution in [3.63, 3.8) is 0 Å². The largest absolute Gasteiger partial charge is 0.334 e. The van der Waals surface area contributed by atoms with E-state index in [1.807, 2.05) is 24.3 Å². The van der Waals surface area contributed by atoms with Gasteiger partial charge in [0.05, 0.1) is 5.02 Å². The molecule has 0 unspecified atom stereocenters. The van der Waals surface area contributed by atoms with Crippen LogP contribution < -0.4 is 10.6 Å². The molecule has 2 aromatic rings. The molecule has 0 heterocycles. The maximum absolute atomic E-state index is 13.0. The Morgan fingerprint density at radius 1 is 1.18 bits per heavy atom. The van der Waals surface area contributed by atoms with Crippen molar-refractivity contribution in [2.24, 2.45) is 0 Å². The lowest BCUT2D eigenvalue weighted by Gasteiger charge is -2.10. The van der Waals surface area contributed by atoms with Gasteiger partial charge >= 0.3 is 6.03 Å². The monoisotopic (exact) mass is 320 g/mol. The SMILES string of the molecule is CC(C)c1ccc(NC(=O)NCc2ccc(F)c(Cl)c2)cc1. The second-order valence-corrected chi connectivity index (χ2v) is 5.74. The summed E-state index contributed by atoms with van der Waals surface area (Å²) in [7, 11) is 0. The quantitative estimate of drug-likeness (QED) is 0.824. The predicted molar refractivity (Wildman–Crippen MR) is 87.8 cm³/mol. The van der Waals surface area contributed by atoms with E-state index < -0.39 is 5.82 Å². The van der Waals surface area contributed by atoms with Crippen LogP contribution in [0.5, 0.6) is 0 Å². The summed E-state index contributed by atoms with van der Waals surface area (Å²) < 4.78 is 13.0. The van der Waals surface area contributed by atoms with Crippen LogP contribution in [0.4, 0.5) is 14.9 Å². The Labute approximate surface area is 134 Å². The number of carbonyl (C=O) groups excluding carboxylic acids is 1. The van der Waals surface area contributed by atoms with E-state index >= 15 is 0 Å². The van der Waals surface area contributed by atoms with Crippen LogP contribution in [-0.4, -0.2) is 6.03 Å². The number of urea groups is 1. The van der Waals surface area contributed by atoms with Crippen LogP contribution in [0.2, 0.25) is 5.02 Å². The van der Waals surface area contributed by atoms with E-state index in [9.17, 15) is 9.18 Å². The van der Waals surface area contributed by atoms with Gasteiger partial charge < -0.3 is 10.6 Å². The summed E-state index contributed by atoms with van der Waals surface area (Å²) in [5, 5.41) is 5.49. The van der Waals surface area contributed by atoms with Crippen LogP contribution in [0.15, 0.2) is 42.5 Å². The third kappa shape index (κ3) is 4.46. The molecule has 0 saturated heterocycles. The maximum atomic E-state index is 13.0. The molecule has 0 saturated carbocycles. The summed E-state index contributed by atoms with van der Waals surface area (Å²) in [6.07, 6.45) is 0. The Morgan fingerprint density at radius 2 is 1.86 bits per heavy atom. The molecular weight excluding hydrogens is 303 g/mol. The summed E-state index contributed by atoms with van der Waals surface area (Å²) in [6.45, 7) is 4.50. The molecule has 0 aliphatic carbocycles. The normalized spacial score (nSPS) is 10.6. The van der Waals surface area contributed by atoms with Crippen molar-refractivity contribution in [2.75, 3.05) is 5.32 Å². The van der Waals surface area contributed by atoms with Crippen molar-refractivity contribution in [2.45, 2.75) is 26.3 Å². The zero-order valence-corrected chi connectivity index (χ0v) is 13.2. The molecule has 0 aliphatic rings. The van der Waals surface area contributed by atoms with Crippen LogP contribution in [0, 0.1) is 5.82 Å². The van der Waals surface area contributed by atoms with Crippen LogP contribution in [-0.2, 0) is 6.54 Å². The molecule has 2 aromatic carbocycles. The Kier molecular flexibility index (Phi) is 5.39. The number of rotatable bonds is 4. The number of anilines is 1. The van der Waals surface area contributed by atoms with Crippen LogP contribution in [0.25, 0.3) is 0 Å². The molecule has 0 atom stereocenters. The van der Waals surface area contributed by atoms with Gasteiger partial charge in [-0.1, -0.05) is 43.6 Å². The molecule has 22 heavy (non-hydrogen) atoms. The van der Waals surface area contributed by atoms with Crippen molar-refractivity contribution < 1.29 is 9.18 Å². The molecule has 0 spiro atoms. The summed E-state index contributed by atoms with van der Waals surface area (Å²) >= 11 is 5.70. The van der Waals surface area contributed by atoms with Crippen LogP contribution in [0.1, 0.15) is 30.9 Å². The Bertz CT molecular complexity index is 656. The molecule has 0 bridgehead atoms. The third-order valence-corrected chi connectivity index (χ3v) is 3.56. The lowest BCUT2D eigenvalue weighted by molar-refractivity contribution is 0.251. The van der Waals surface area contributed by atoms with E-state index in [4.69, 9.17) is 11.6 Å². The van der Waals surface area contributed by atoms with Crippen molar-refractivity contribution >= 4 is 23.3 Å². The topological polar surface area (TPSA) is 41.1 Å². The number of hydrogen-bond donors (Lipinski definition) is 2. The zero-order chi connectivity index (χ0) is 16.1. The highest BCUT2D eigenvalue weighted by molar-refractivity contribution is 6.30. The zero-order valence-electron chi connectivity index (χ0n) is 12.5. The third-order valence-electron chi connectivity index (χ3n) is 3.27. The summed E-state index contributed by atoms with van der Waals surface area (Å²) in [6, 6.07) is 11.7. The Hall–Kier alpha value is -2.07. The second kappa shape index (κ2) is 7.27. The fourth-order valence-corrected chi connectivity index (χ4v) is 2.16. The van der Waals surface area contributed by atoms with Crippen LogP contribution in [0.3, 0.4) is 0 Å². The molecule has 0 aromatic heterocycles. The van der Waals surface area contributed by atoms with Gasteiger partial charge in [-0.25, -0.2) is 9.18 Å². The molecular formula is C17H18ClFN2O. The summed E-state index contributed by atoms with van der Waals surface area (Å²) in [5.74, 6) is -0.0220. The second-order valence-electron chi connectivity index (χ2n) is 5.33. The van der Waals surface area contributed by atoms with E-state index in [-0.39, 0.29) is 17.6 Å². The molecule has 2 amide bonds. The lowest BCUT2D eigenvalue weighted by Crippen LogP contribution is -2.28. The van der Waals surface area contributed by atoms with Gasteiger partial charge in [-0.15, -0.1) is 0 Å². The van der Waals surface area contributed by atoms with Crippen LogP contribution >= 0.6 is 11.6 Å². The minimum atomic E-state index is -0.472. The van der Waals surface area contributed by atoms with Gasteiger partial charge in [-0.3, -0.25) is 0 Å². The number of halogens is 2. The number of amides is 2. The first-order valence-electron chi connectivity index (χ1n) is 7.04. The number of nitrogens with one attached hydrogen (secondary N) is 2. The van der Waals surface area contributed by atoms with Crippen molar-refractivity contribution in [1.82, 2.24) is 5.32 Å². The van der Waals surface area contributed by atoms with Crippen molar-refractivity contribution in [3.05, 3.63) is 64.4 Å². The van der Waals surface area contributed by atoms with Gasteiger partial charge in [-0.05, 0) is 41.3 Å². The molecule has 3 nitrogen and oxygen atoms in total. The summed E-state index contributed by atoms with van der Waals surface area (Å²) in [5.41, 5.74) is 2.67. The first-order chi connectivity index (χ1) is 10.5. The number of carbonyl (C=O) groups is 1. The highest BCUT2D eigenvalue weighted by Crippen LogP contribution is 2.17. The Morgan fingerprint density at radius 3 is 2.45 bits per heavy atom. The van der Waals surface area contributed by atoms with Gasteiger partial charge in [0.25, 0.3) is 0 Å². The Balaban J connectivity index is 1.88. The lowest BCUT2D eigenvalue weighted by atomic mass is 10.0. The van der Waals surface area contributed by atoms with Crippen molar-refractivity contribution in [1.29, 1.82) is 0 Å². The van der Waals surface area contributed by atoms with Gasteiger partial charge in [0.15, 0.2) is 0 Å². The van der Waals surface area contributed by atoms with E-state index in [1.54, 1.807) is 6.07 Å². The van der Waals surface area contributed by atoms with Gasteiger partial charge in [0.2, 0.25) is 0 Å². The molecule has 2 N–H and O–H groups in total. The average Bonchev–Trinajstić information content (AvgIpc) is 2.49. The standard InChI is InChI=1S/C17H18ClFN2O/c1-11(2)13-4-6-14(7-5-13)21-17(22)20-10-12-3-8-16(19)15(18)9-12/h3-9,11H,10H2,1-2H3,(H2,20,21,22). The molecule has 116 valence electrons. The fourth-order valence-electron chi connectivity index (χ4n) is 1.96. The van der Waals surface area contributed by atoms with E-state index in [2.05, 4.69) is 24.5 Å². The molecule has 0 fully saturated rings. The van der Waals surface area contributed by atoms with Gasteiger partial charge in [-0.2, -0.15) is 0 Å². The van der Waals surface area contributed by atoms with Gasteiger partial charge in [0, 0.05) is 12.2 Å². The predicted octanol–water partition coefficient (Wildman–Crippen LogP) is 4.92. The van der Waals surface area contributed by atoms with Gasteiger partial charge in [0.1, 0.15) is 5.82 Å². The molecule has 5 heteroatoms.